The third-order valence-electron chi connectivity index (χ3n) is 4.97. The van der Waals surface area contributed by atoms with Gasteiger partial charge in [-0.2, -0.15) is 0 Å². The van der Waals surface area contributed by atoms with Crippen LogP contribution in [0, 0.1) is 12.7 Å². The van der Waals surface area contributed by atoms with Crippen LogP contribution < -0.4 is 16.4 Å². The molecule has 2 aromatic rings. The Hall–Kier alpha value is -2.44. The molecule has 1 aliphatic carbocycles. The van der Waals surface area contributed by atoms with E-state index in [1.807, 2.05) is 6.92 Å². The first-order valence-electron chi connectivity index (χ1n) is 9.17. The third-order valence-corrected chi connectivity index (χ3v) is 4.97. The lowest BCUT2D eigenvalue weighted by Gasteiger charge is -2.26. The molecule has 0 heterocycles. The number of rotatable bonds is 4. The first-order chi connectivity index (χ1) is 12.9. The Labute approximate surface area is 170 Å². The maximum atomic E-state index is 13.8. The summed E-state index contributed by atoms with van der Waals surface area (Å²) >= 11 is 0. The van der Waals surface area contributed by atoms with Gasteiger partial charge in [-0.05, 0) is 62.4 Å². The molecule has 0 bridgehead atoms. The molecule has 0 aliphatic heterocycles. The molecular weight excluding hydrogens is 381 g/mol. The van der Waals surface area contributed by atoms with Gasteiger partial charge in [0.15, 0.2) is 0 Å². The molecular formula is C21H25ClFN3O2. The summed E-state index contributed by atoms with van der Waals surface area (Å²) in [7, 11) is 0. The van der Waals surface area contributed by atoms with Crippen LogP contribution in [0.2, 0.25) is 0 Å². The first kappa shape index (κ1) is 21.9. The topological polar surface area (TPSA) is 84.2 Å². The zero-order valence-corrected chi connectivity index (χ0v) is 16.5. The minimum absolute atomic E-state index is 0. The Morgan fingerprint density at radius 3 is 2.39 bits per heavy atom. The lowest BCUT2D eigenvalue weighted by atomic mass is 9.91. The van der Waals surface area contributed by atoms with E-state index in [1.165, 1.54) is 18.2 Å². The van der Waals surface area contributed by atoms with Gasteiger partial charge in [0.25, 0.3) is 11.8 Å². The Bertz CT molecular complexity index is 851. The van der Waals surface area contributed by atoms with Gasteiger partial charge >= 0.3 is 0 Å². The maximum Gasteiger partial charge on any atom is 0.258 e. The van der Waals surface area contributed by atoms with Crippen LogP contribution >= 0.6 is 12.4 Å². The maximum absolute atomic E-state index is 13.8. The second-order valence-electron chi connectivity index (χ2n) is 7.05. The highest BCUT2D eigenvalue weighted by molar-refractivity contribution is 6.05. The van der Waals surface area contributed by atoms with Crippen molar-refractivity contribution >= 4 is 29.9 Å². The molecule has 2 aromatic carbocycles. The predicted molar refractivity (Wildman–Crippen MR) is 110 cm³/mol. The fourth-order valence-corrected chi connectivity index (χ4v) is 3.27. The molecule has 0 aromatic heterocycles. The van der Waals surface area contributed by atoms with Gasteiger partial charge in [-0.3, -0.25) is 9.59 Å². The molecule has 4 N–H and O–H groups in total. The summed E-state index contributed by atoms with van der Waals surface area (Å²) in [6, 6.07) is 11.2. The van der Waals surface area contributed by atoms with Crippen molar-refractivity contribution in [2.24, 2.45) is 5.73 Å². The molecule has 0 spiro atoms. The van der Waals surface area contributed by atoms with Gasteiger partial charge in [-0.15, -0.1) is 12.4 Å². The summed E-state index contributed by atoms with van der Waals surface area (Å²) in [5.41, 5.74) is 7.60. The summed E-state index contributed by atoms with van der Waals surface area (Å²) in [4.78, 5) is 24.9. The summed E-state index contributed by atoms with van der Waals surface area (Å²) in [5.74, 6) is -1.32. The molecule has 0 atom stereocenters. The third kappa shape index (κ3) is 5.30. The van der Waals surface area contributed by atoms with Crippen molar-refractivity contribution in [3.8, 4) is 0 Å². The van der Waals surface area contributed by atoms with Crippen LogP contribution in [0.4, 0.5) is 10.1 Å². The average Bonchev–Trinajstić information content (AvgIpc) is 2.65. The van der Waals surface area contributed by atoms with Crippen LogP contribution in [0.25, 0.3) is 0 Å². The van der Waals surface area contributed by atoms with Gasteiger partial charge in [-0.1, -0.05) is 18.2 Å². The summed E-state index contributed by atoms with van der Waals surface area (Å²) in [6.45, 7) is 1.82. The number of nitrogens with one attached hydrogen (secondary N) is 2. The SMILES string of the molecule is Cc1ccc(C(=O)NC2CCC(N)CC2)cc1NC(=O)c1ccccc1F.Cl. The smallest absolute Gasteiger partial charge is 0.258 e. The van der Waals surface area contributed by atoms with Crippen LogP contribution in [0.1, 0.15) is 52.0 Å². The van der Waals surface area contributed by atoms with E-state index in [0.29, 0.717) is 11.3 Å². The monoisotopic (exact) mass is 405 g/mol. The zero-order chi connectivity index (χ0) is 19.4. The van der Waals surface area contributed by atoms with Crippen molar-refractivity contribution in [2.75, 3.05) is 5.32 Å². The van der Waals surface area contributed by atoms with Crippen LogP contribution in [-0.4, -0.2) is 23.9 Å². The van der Waals surface area contributed by atoms with Gasteiger partial charge in [0.05, 0.1) is 5.56 Å². The number of carbonyl (C=O) groups is 2. The average molecular weight is 406 g/mol. The lowest BCUT2D eigenvalue weighted by Crippen LogP contribution is -2.40. The number of nitrogens with two attached hydrogens (primary N) is 1. The molecule has 2 amide bonds. The second kappa shape index (κ2) is 9.66. The van der Waals surface area contributed by atoms with Gasteiger partial charge in [0, 0.05) is 23.3 Å². The number of hydrogen-bond acceptors (Lipinski definition) is 3. The number of hydrogen-bond donors (Lipinski definition) is 3. The summed E-state index contributed by atoms with van der Waals surface area (Å²) in [5, 5.41) is 5.73. The number of amides is 2. The van der Waals surface area contributed by atoms with E-state index in [4.69, 9.17) is 5.73 Å². The standard InChI is InChI=1S/C21H24FN3O2.ClH/c1-13-6-7-14(20(26)24-16-10-8-15(23)9-11-16)12-19(13)25-21(27)17-4-2-3-5-18(17)22;/h2-7,12,15-16H,8-11,23H2,1H3,(H,24,26)(H,25,27);1H. The zero-order valence-electron chi connectivity index (χ0n) is 15.7. The molecule has 3 rings (SSSR count). The van der Waals surface area contributed by atoms with Gasteiger partial charge in [0.1, 0.15) is 5.82 Å². The highest BCUT2D eigenvalue weighted by Crippen LogP contribution is 2.21. The van der Waals surface area contributed by atoms with Gasteiger partial charge < -0.3 is 16.4 Å². The van der Waals surface area contributed by atoms with E-state index in [-0.39, 0.29) is 36.0 Å². The van der Waals surface area contributed by atoms with E-state index < -0.39 is 11.7 Å². The van der Waals surface area contributed by atoms with Crippen molar-refractivity contribution in [2.45, 2.75) is 44.7 Å². The summed E-state index contributed by atoms with van der Waals surface area (Å²) < 4.78 is 13.8. The molecule has 1 saturated carbocycles. The van der Waals surface area contributed by atoms with Crippen molar-refractivity contribution in [1.82, 2.24) is 5.32 Å². The van der Waals surface area contributed by atoms with Crippen LogP contribution in [0.3, 0.4) is 0 Å². The van der Waals surface area contributed by atoms with Gasteiger partial charge in [0.2, 0.25) is 0 Å². The molecule has 7 heteroatoms. The predicted octanol–water partition coefficient (Wildman–Crippen LogP) is 3.81. The van der Waals surface area contributed by atoms with Crippen LogP contribution in [0.15, 0.2) is 42.5 Å². The Kier molecular flexibility index (Phi) is 7.54. The molecule has 1 aliphatic rings. The molecule has 28 heavy (non-hydrogen) atoms. The Balaban J connectivity index is 0.00000280. The molecule has 0 unspecified atom stereocenters. The molecule has 0 radical (unpaired) electrons. The van der Waals surface area contributed by atoms with E-state index in [0.717, 1.165) is 31.2 Å². The Morgan fingerprint density at radius 1 is 1.04 bits per heavy atom. The minimum atomic E-state index is -0.586. The van der Waals surface area contributed by atoms with Crippen LogP contribution in [0.5, 0.6) is 0 Å². The highest BCUT2D eigenvalue weighted by Gasteiger charge is 2.21. The molecule has 5 nitrogen and oxygen atoms in total. The van der Waals surface area contributed by atoms with E-state index >= 15 is 0 Å². The quantitative estimate of drug-likeness (QED) is 0.723. The van der Waals surface area contributed by atoms with E-state index in [9.17, 15) is 14.0 Å². The van der Waals surface area contributed by atoms with E-state index in [1.54, 1.807) is 24.3 Å². The second-order valence-corrected chi connectivity index (χ2v) is 7.05. The fourth-order valence-electron chi connectivity index (χ4n) is 3.27. The molecule has 0 saturated heterocycles. The number of aryl methyl sites for hydroxylation is 1. The molecule has 1 fully saturated rings. The van der Waals surface area contributed by atoms with Crippen molar-refractivity contribution in [1.29, 1.82) is 0 Å². The number of carbonyl (C=O) groups excluding carboxylic acids is 2. The van der Waals surface area contributed by atoms with Crippen molar-refractivity contribution in [3.63, 3.8) is 0 Å². The number of benzene rings is 2. The fraction of sp³-hybridized carbons (Fsp3) is 0.333. The normalized spacial score (nSPS) is 18.7. The summed E-state index contributed by atoms with van der Waals surface area (Å²) in [6.07, 6.45) is 3.55. The number of anilines is 1. The first-order valence-corrected chi connectivity index (χ1v) is 9.17. The van der Waals surface area contributed by atoms with Gasteiger partial charge in [-0.25, -0.2) is 4.39 Å². The van der Waals surface area contributed by atoms with Crippen molar-refractivity contribution in [3.05, 3.63) is 65.0 Å². The number of halogens is 2. The minimum Gasteiger partial charge on any atom is -0.349 e. The Morgan fingerprint density at radius 2 is 1.71 bits per heavy atom. The largest absolute Gasteiger partial charge is 0.349 e. The lowest BCUT2D eigenvalue weighted by molar-refractivity contribution is 0.0924. The van der Waals surface area contributed by atoms with Crippen molar-refractivity contribution < 1.29 is 14.0 Å². The highest BCUT2D eigenvalue weighted by atomic mass is 35.5. The molecule has 150 valence electrons. The van der Waals surface area contributed by atoms with Crippen LogP contribution in [-0.2, 0) is 0 Å². The van der Waals surface area contributed by atoms with E-state index in [2.05, 4.69) is 10.6 Å².